The Labute approximate surface area is 93.6 Å². The number of fused-ring (bicyclic) bond motifs is 1. The second-order valence-electron chi connectivity index (χ2n) is 4.32. The highest BCUT2D eigenvalue weighted by molar-refractivity contribution is 6.17. The zero-order valence-corrected chi connectivity index (χ0v) is 9.32. The molecule has 4 heteroatoms. The van der Waals surface area contributed by atoms with E-state index in [2.05, 4.69) is 15.9 Å². The Balaban J connectivity index is 1.97. The highest BCUT2D eigenvalue weighted by Crippen LogP contribution is 2.29. The van der Waals surface area contributed by atoms with Crippen LogP contribution in [0.5, 0.6) is 0 Å². The molecule has 1 aliphatic carbocycles. The van der Waals surface area contributed by atoms with Gasteiger partial charge < -0.3 is 4.57 Å². The lowest BCUT2D eigenvalue weighted by Gasteiger charge is -2.25. The lowest BCUT2D eigenvalue weighted by Crippen LogP contribution is -2.17. The van der Waals surface area contributed by atoms with Crippen molar-refractivity contribution >= 4 is 17.2 Å². The topological polar surface area (TPSA) is 22.2 Å². The van der Waals surface area contributed by atoms with Crippen molar-refractivity contribution in [2.45, 2.75) is 31.7 Å². The maximum Gasteiger partial charge on any atom is 0.140 e. The van der Waals surface area contributed by atoms with Crippen molar-refractivity contribution in [3.05, 3.63) is 24.2 Å². The largest absolute Gasteiger partial charge is 0.331 e. The van der Waals surface area contributed by atoms with E-state index in [-0.39, 0.29) is 0 Å². The monoisotopic (exact) mass is 223 g/mol. The van der Waals surface area contributed by atoms with Crippen LogP contribution in [0.15, 0.2) is 18.6 Å². The van der Waals surface area contributed by atoms with Gasteiger partial charge in [0.2, 0.25) is 0 Å². The molecule has 80 valence electrons. The predicted molar refractivity (Wildman–Crippen MR) is 60.1 cm³/mol. The average Bonchev–Trinajstić information content (AvgIpc) is 2.72. The van der Waals surface area contributed by atoms with Crippen molar-refractivity contribution in [3.63, 3.8) is 0 Å². The molecule has 0 spiro atoms. The summed E-state index contributed by atoms with van der Waals surface area (Å²) in [4.78, 5) is 0. The molecule has 2 heterocycles. The van der Waals surface area contributed by atoms with Gasteiger partial charge in [-0.3, -0.25) is 0 Å². The van der Waals surface area contributed by atoms with Crippen molar-refractivity contribution < 1.29 is 0 Å². The number of alkyl halides is 1. The van der Waals surface area contributed by atoms with Gasteiger partial charge in [-0.15, -0.1) is 11.6 Å². The molecule has 15 heavy (non-hydrogen) atoms. The van der Waals surface area contributed by atoms with Gasteiger partial charge in [-0.05, 0) is 18.8 Å². The van der Waals surface area contributed by atoms with E-state index in [4.69, 9.17) is 11.6 Å². The summed E-state index contributed by atoms with van der Waals surface area (Å²) in [5.74, 6) is 1.40. The molecule has 2 aromatic rings. The summed E-state index contributed by atoms with van der Waals surface area (Å²) >= 11 is 5.89. The van der Waals surface area contributed by atoms with Crippen molar-refractivity contribution in [1.29, 1.82) is 0 Å². The Morgan fingerprint density at radius 1 is 1.40 bits per heavy atom. The first kappa shape index (κ1) is 9.28. The first-order valence-electron chi connectivity index (χ1n) is 5.46. The number of nitrogens with zero attached hydrogens (tertiary/aromatic N) is 3. The fourth-order valence-electron chi connectivity index (χ4n) is 2.23. The normalized spacial score (nSPS) is 17.1. The van der Waals surface area contributed by atoms with Crippen molar-refractivity contribution in [2.75, 3.05) is 0 Å². The molecule has 0 N–H and O–H groups in total. The van der Waals surface area contributed by atoms with Crippen LogP contribution in [0.1, 0.15) is 24.8 Å². The summed E-state index contributed by atoms with van der Waals surface area (Å²) < 4.78 is 4.20. The summed E-state index contributed by atoms with van der Waals surface area (Å²) in [5, 5.41) is 4.27. The van der Waals surface area contributed by atoms with Crippen molar-refractivity contribution in [1.82, 2.24) is 14.2 Å². The molecule has 0 bridgehead atoms. The Morgan fingerprint density at radius 3 is 2.93 bits per heavy atom. The molecule has 0 aromatic carbocycles. The number of hydrogen-bond donors (Lipinski definition) is 0. The van der Waals surface area contributed by atoms with Crippen LogP contribution in [0.4, 0.5) is 0 Å². The Bertz CT molecular complexity index is 467. The zero-order chi connectivity index (χ0) is 10.3. The SMILES string of the molecule is ClCc1cnn2ccn(CC3CCC3)c12. The number of halogens is 1. The molecule has 0 atom stereocenters. The van der Waals surface area contributed by atoms with Gasteiger partial charge in [0, 0.05) is 24.5 Å². The molecule has 0 unspecified atom stereocenters. The van der Waals surface area contributed by atoms with E-state index in [9.17, 15) is 0 Å². The third-order valence-corrected chi connectivity index (χ3v) is 3.61. The molecule has 0 amide bonds. The Hall–Kier alpha value is -0.960. The lowest BCUT2D eigenvalue weighted by molar-refractivity contribution is 0.279. The minimum Gasteiger partial charge on any atom is -0.331 e. The quantitative estimate of drug-likeness (QED) is 0.734. The van der Waals surface area contributed by atoms with Gasteiger partial charge in [0.25, 0.3) is 0 Å². The second-order valence-corrected chi connectivity index (χ2v) is 4.59. The second kappa shape index (κ2) is 3.56. The fourth-order valence-corrected chi connectivity index (χ4v) is 2.41. The van der Waals surface area contributed by atoms with E-state index in [0.717, 1.165) is 23.7 Å². The van der Waals surface area contributed by atoms with Gasteiger partial charge in [0.05, 0.1) is 12.1 Å². The number of aromatic nitrogens is 3. The summed E-state index contributed by atoms with van der Waals surface area (Å²) in [6.45, 7) is 1.12. The summed E-state index contributed by atoms with van der Waals surface area (Å²) in [6.07, 6.45) is 10.1. The molecule has 0 radical (unpaired) electrons. The molecular weight excluding hydrogens is 210 g/mol. The minimum atomic E-state index is 0.540. The van der Waals surface area contributed by atoms with Crippen LogP contribution in [-0.2, 0) is 12.4 Å². The van der Waals surface area contributed by atoms with Gasteiger partial charge in [-0.2, -0.15) is 5.10 Å². The van der Waals surface area contributed by atoms with Crippen LogP contribution in [0.3, 0.4) is 0 Å². The van der Waals surface area contributed by atoms with Crippen LogP contribution < -0.4 is 0 Å². The molecular formula is C11H14ClN3. The van der Waals surface area contributed by atoms with Crippen LogP contribution in [0.25, 0.3) is 5.65 Å². The maximum atomic E-state index is 5.89. The van der Waals surface area contributed by atoms with E-state index in [1.54, 1.807) is 0 Å². The number of hydrogen-bond acceptors (Lipinski definition) is 1. The van der Waals surface area contributed by atoms with Crippen LogP contribution in [0, 0.1) is 5.92 Å². The molecule has 0 aliphatic heterocycles. The first-order chi connectivity index (χ1) is 7.38. The lowest BCUT2D eigenvalue weighted by atomic mass is 9.85. The van der Waals surface area contributed by atoms with E-state index in [1.165, 1.54) is 19.3 Å². The van der Waals surface area contributed by atoms with E-state index in [0.29, 0.717) is 5.88 Å². The van der Waals surface area contributed by atoms with Crippen LogP contribution in [0.2, 0.25) is 0 Å². The third-order valence-electron chi connectivity index (χ3n) is 3.33. The molecule has 3 nitrogen and oxygen atoms in total. The first-order valence-corrected chi connectivity index (χ1v) is 5.99. The molecule has 1 fully saturated rings. The molecule has 2 aromatic heterocycles. The Morgan fingerprint density at radius 2 is 2.27 bits per heavy atom. The van der Waals surface area contributed by atoms with Crippen molar-refractivity contribution in [3.8, 4) is 0 Å². The summed E-state index contributed by atoms with van der Waals surface area (Å²) in [7, 11) is 0. The number of rotatable bonds is 3. The van der Waals surface area contributed by atoms with E-state index in [1.807, 2.05) is 16.9 Å². The molecule has 1 saturated carbocycles. The summed E-state index contributed by atoms with van der Waals surface area (Å²) in [5.41, 5.74) is 2.29. The van der Waals surface area contributed by atoms with Gasteiger partial charge >= 0.3 is 0 Å². The standard InChI is InChI=1S/C11H14ClN3/c12-6-10-7-13-15-5-4-14(11(10)15)8-9-2-1-3-9/h4-5,7,9H,1-3,6,8H2. The smallest absolute Gasteiger partial charge is 0.140 e. The fraction of sp³-hybridized carbons (Fsp3) is 0.545. The highest BCUT2D eigenvalue weighted by Gasteiger charge is 2.19. The van der Waals surface area contributed by atoms with E-state index >= 15 is 0 Å². The zero-order valence-electron chi connectivity index (χ0n) is 8.56. The molecule has 0 saturated heterocycles. The third kappa shape index (κ3) is 1.46. The van der Waals surface area contributed by atoms with Gasteiger partial charge in [-0.1, -0.05) is 6.42 Å². The van der Waals surface area contributed by atoms with Crippen LogP contribution in [-0.4, -0.2) is 14.2 Å². The van der Waals surface area contributed by atoms with E-state index < -0.39 is 0 Å². The maximum absolute atomic E-state index is 5.89. The Kier molecular flexibility index (Phi) is 2.20. The van der Waals surface area contributed by atoms with Crippen molar-refractivity contribution in [2.24, 2.45) is 5.92 Å². The van der Waals surface area contributed by atoms with Gasteiger partial charge in [-0.25, -0.2) is 4.52 Å². The van der Waals surface area contributed by atoms with Gasteiger partial charge in [0.15, 0.2) is 0 Å². The summed E-state index contributed by atoms with van der Waals surface area (Å²) in [6, 6.07) is 0. The highest BCUT2D eigenvalue weighted by atomic mass is 35.5. The van der Waals surface area contributed by atoms with Gasteiger partial charge in [0.1, 0.15) is 5.65 Å². The predicted octanol–water partition coefficient (Wildman–Crippen LogP) is 2.67. The van der Waals surface area contributed by atoms with Crippen LogP contribution >= 0.6 is 11.6 Å². The molecule has 3 rings (SSSR count). The molecule has 1 aliphatic rings. The number of imidazole rings is 1. The minimum absolute atomic E-state index is 0.540. The average molecular weight is 224 g/mol.